The molecule has 1 heterocycles. The third-order valence-corrected chi connectivity index (χ3v) is 6.94. The zero-order valence-electron chi connectivity index (χ0n) is 12.5. The smallest absolute Gasteiger partial charge is 0.103 e. The van der Waals surface area contributed by atoms with Crippen molar-refractivity contribution in [1.29, 1.82) is 0 Å². The summed E-state index contributed by atoms with van der Waals surface area (Å²) >= 11 is 4.10. The van der Waals surface area contributed by atoms with E-state index in [1.165, 1.54) is 60.5 Å². The highest BCUT2D eigenvalue weighted by atomic mass is 32.2. The van der Waals surface area contributed by atoms with Crippen LogP contribution in [0.3, 0.4) is 0 Å². The summed E-state index contributed by atoms with van der Waals surface area (Å²) in [5.41, 5.74) is 1.34. The van der Waals surface area contributed by atoms with E-state index in [1.54, 1.807) is 0 Å². The molecule has 2 nitrogen and oxygen atoms in total. The molecule has 2 fully saturated rings. The summed E-state index contributed by atoms with van der Waals surface area (Å²) in [6, 6.07) is 0.793. The van der Waals surface area contributed by atoms with Crippen LogP contribution in [0.1, 0.15) is 67.4 Å². The number of thioether (sulfide) groups is 1. The van der Waals surface area contributed by atoms with Gasteiger partial charge in [-0.2, -0.15) is 11.8 Å². The molecule has 0 amide bonds. The lowest BCUT2D eigenvalue weighted by molar-refractivity contribution is 0.516. The van der Waals surface area contributed by atoms with Gasteiger partial charge in [0, 0.05) is 28.5 Å². The molecule has 2 saturated carbocycles. The highest BCUT2D eigenvalue weighted by Crippen LogP contribution is 2.32. The largest absolute Gasteiger partial charge is 0.309 e. The third-order valence-electron chi connectivity index (χ3n) is 4.28. The van der Waals surface area contributed by atoms with Gasteiger partial charge >= 0.3 is 0 Å². The lowest BCUT2D eigenvalue weighted by Crippen LogP contribution is -2.15. The molecule has 0 aliphatic heterocycles. The predicted molar refractivity (Wildman–Crippen MR) is 89.5 cm³/mol. The van der Waals surface area contributed by atoms with E-state index < -0.39 is 0 Å². The van der Waals surface area contributed by atoms with Crippen molar-refractivity contribution in [1.82, 2.24) is 10.3 Å². The molecule has 0 atom stereocenters. The molecule has 112 valence electrons. The van der Waals surface area contributed by atoms with Crippen molar-refractivity contribution in [3.8, 4) is 0 Å². The van der Waals surface area contributed by atoms with Gasteiger partial charge in [-0.3, -0.25) is 0 Å². The van der Waals surface area contributed by atoms with E-state index in [2.05, 4.69) is 24.0 Å². The third kappa shape index (κ3) is 4.22. The first-order chi connectivity index (χ1) is 9.85. The molecule has 0 saturated heterocycles. The fourth-order valence-electron chi connectivity index (χ4n) is 2.86. The molecule has 2 aliphatic carbocycles. The van der Waals surface area contributed by atoms with Gasteiger partial charge in [-0.25, -0.2) is 4.98 Å². The Balaban J connectivity index is 1.52. The lowest BCUT2D eigenvalue weighted by atomic mass is 10.0. The van der Waals surface area contributed by atoms with Crippen LogP contribution in [0.15, 0.2) is 0 Å². The maximum Gasteiger partial charge on any atom is 0.103 e. The van der Waals surface area contributed by atoms with Gasteiger partial charge in [0.1, 0.15) is 5.01 Å². The van der Waals surface area contributed by atoms with Crippen molar-refractivity contribution in [2.75, 3.05) is 0 Å². The highest BCUT2D eigenvalue weighted by Gasteiger charge is 2.21. The number of nitrogens with zero attached hydrogens (tertiary/aromatic N) is 1. The molecule has 0 radical (unpaired) electrons. The molecule has 2 aliphatic rings. The van der Waals surface area contributed by atoms with Crippen molar-refractivity contribution in [3.63, 3.8) is 0 Å². The monoisotopic (exact) mass is 310 g/mol. The second-order valence-electron chi connectivity index (χ2n) is 6.06. The van der Waals surface area contributed by atoms with Crippen LogP contribution in [-0.2, 0) is 18.7 Å². The number of aryl methyl sites for hydroxylation is 1. The minimum atomic E-state index is 0.793. The normalized spacial score (nSPS) is 20.4. The molecular formula is C16H26N2S2. The van der Waals surface area contributed by atoms with E-state index in [0.717, 1.165) is 30.0 Å². The average Bonchev–Trinajstić information content (AvgIpc) is 3.24. The Morgan fingerprint density at radius 3 is 2.70 bits per heavy atom. The van der Waals surface area contributed by atoms with E-state index in [1.807, 2.05) is 11.3 Å². The van der Waals surface area contributed by atoms with Crippen LogP contribution < -0.4 is 5.32 Å². The summed E-state index contributed by atoms with van der Waals surface area (Å²) in [4.78, 5) is 6.35. The first-order valence-electron chi connectivity index (χ1n) is 8.17. The summed E-state index contributed by atoms with van der Waals surface area (Å²) < 4.78 is 0. The van der Waals surface area contributed by atoms with Crippen molar-refractivity contribution in [3.05, 3.63) is 15.6 Å². The van der Waals surface area contributed by atoms with E-state index in [4.69, 9.17) is 4.98 Å². The van der Waals surface area contributed by atoms with E-state index in [9.17, 15) is 0 Å². The van der Waals surface area contributed by atoms with Crippen LogP contribution in [0.5, 0.6) is 0 Å². The zero-order valence-corrected chi connectivity index (χ0v) is 14.1. The van der Waals surface area contributed by atoms with E-state index in [-0.39, 0.29) is 0 Å². The molecular weight excluding hydrogens is 284 g/mol. The maximum atomic E-state index is 4.87. The number of rotatable bonds is 7. The van der Waals surface area contributed by atoms with Gasteiger partial charge in [0.25, 0.3) is 0 Å². The van der Waals surface area contributed by atoms with Crippen molar-refractivity contribution in [2.45, 2.75) is 81.9 Å². The molecule has 0 aromatic carbocycles. The Hall–Kier alpha value is -0.0600. The fourth-order valence-corrected chi connectivity index (χ4v) is 5.31. The first-order valence-corrected chi connectivity index (χ1v) is 10.0. The van der Waals surface area contributed by atoms with Crippen LogP contribution in [-0.4, -0.2) is 16.3 Å². The molecule has 20 heavy (non-hydrogen) atoms. The Labute approximate surface area is 131 Å². The first kappa shape index (κ1) is 14.9. The molecule has 1 aromatic heterocycles. The van der Waals surface area contributed by atoms with Crippen molar-refractivity contribution >= 4 is 23.1 Å². The van der Waals surface area contributed by atoms with Gasteiger partial charge < -0.3 is 5.32 Å². The molecule has 4 heteroatoms. The molecule has 1 N–H and O–H groups in total. The number of hydrogen-bond donors (Lipinski definition) is 1. The number of hydrogen-bond acceptors (Lipinski definition) is 4. The molecule has 1 aromatic rings. The second kappa shape index (κ2) is 7.28. The van der Waals surface area contributed by atoms with E-state index >= 15 is 0 Å². The van der Waals surface area contributed by atoms with E-state index in [0.29, 0.717) is 0 Å². The maximum absolute atomic E-state index is 4.87. The average molecular weight is 311 g/mol. The SMILES string of the molecule is CCc1nc(CSC2CCCCC2)sc1CNC1CC1. The number of nitrogens with one attached hydrogen (secondary N) is 1. The minimum Gasteiger partial charge on any atom is -0.309 e. The van der Waals surface area contributed by atoms with Gasteiger partial charge in [-0.05, 0) is 32.1 Å². The predicted octanol–water partition coefficient (Wildman–Crippen LogP) is 4.52. The summed E-state index contributed by atoms with van der Waals surface area (Å²) in [6.07, 6.45) is 11.0. The number of aromatic nitrogens is 1. The lowest BCUT2D eigenvalue weighted by Gasteiger charge is -2.20. The van der Waals surface area contributed by atoms with Crippen molar-refractivity contribution < 1.29 is 0 Å². The summed E-state index contributed by atoms with van der Waals surface area (Å²) in [5.74, 6) is 1.13. The standard InChI is InChI=1S/C16H26N2S2/c1-2-14-15(10-17-12-8-9-12)20-16(18-14)11-19-13-6-4-3-5-7-13/h12-13,17H,2-11H2,1H3. The van der Waals surface area contributed by atoms with Crippen LogP contribution in [0.25, 0.3) is 0 Å². The topological polar surface area (TPSA) is 24.9 Å². The second-order valence-corrected chi connectivity index (χ2v) is 8.51. The summed E-state index contributed by atoms with van der Waals surface area (Å²) in [5, 5.41) is 5.88. The van der Waals surface area contributed by atoms with Crippen LogP contribution >= 0.6 is 23.1 Å². The van der Waals surface area contributed by atoms with Gasteiger partial charge in [-0.15, -0.1) is 11.3 Å². The molecule has 0 bridgehead atoms. The molecule has 3 rings (SSSR count). The highest BCUT2D eigenvalue weighted by molar-refractivity contribution is 7.99. The van der Waals surface area contributed by atoms with Crippen molar-refractivity contribution in [2.24, 2.45) is 0 Å². The fraction of sp³-hybridized carbons (Fsp3) is 0.812. The zero-order chi connectivity index (χ0) is 13.8. The Bertz CT molecular complexity index is 420. The summed E-state index contributed by atoms with van der Waals surface area (Å²) in [6.45, 7) is 3.27. The number of thiazole rings is 1. The van der Waals surface area contributed by atoms with Crippen LogP contribution in [0, 0.1) is 0 Å². The summed E-state index contributed by atoms with van der Waals surface area (Å²) in [7, 11) is 0. The quantitative estimate of drug-likeness (QED) is 0.801. The van der Waals surface area contributed by atoms with Gasteiger partial charge in [0.2, 0.25) is 0 Å². The Morgan fingerprint density at radius 2 is 2.00 bits per heavy atom. The Morgan fingerprint density at radius 1 is 1.20 bits per heavy atom. The Kier molecular flexibility index (Phi) is 5.41. The van der Waals surface area contributed by atoms with Crippen LogP contribution in [0.2, 0.25) is 0 Å². The van der Waals surface area contributed by atoms with Gasteiger partial charge in [0.05, 0.1) is 5.69 Å². The van der Waals surface area contributed by atoms with Crippen LogP contribution in [0.4, 0.5) is 0 Å². The van der Waals surface area contributed by atoms with Gasteiger partial charge in [-0.1, -0.05) is 26.2 Å². The molecule has 0 unspecified atom stereocenters. The van der Waals surface area contributed by atoms with Gasteiger partial charge in [0.15, 0.2) is 0 Å². The molecule has 0 spiro atoms. The minimum absolute atomic E-state index is 0.793.